The summed E-state index contributed by atoms with van der Waals surface area (Å²) in [7, 11) is 0. The zero-order valence-corrected chi connectivity index (χ0v) is 11.4. The van der Waals surface area contributed by atoms with Crippen molar-refractivity contribution < 1.29 is 19.5 Å². The molecule has 3 fully saturated rings. The summed E-state index contributed by atoms with van der Waals surface area (Å²) < 4.78 is 0. The molecule has 1 saturated heterocycles. The molecule has 0 spiro atoms. The number of likely N-dealkylation sites (tertiary alicyclic amines) is 1. The van der Waals surface area contributed by atoms with E-state index in [1.165, 1.54) is 0 Å². The molecule has 1 unspecified atom stereocenters. The average molecular weight is 280 g/mol. The van der Waals surface area contributed by atoms with Gasteiger partial charge in [0, 0.05) is 25.4 Å². The van der Waals surface area contributed by atoms with Crippen molar-refractivity contribution in [2.75, 3.05) is 6.54 Å². The van der Waals surface area contributed by atoms with Crippen LogP contribution in [0.4, 0.5) is 0 Å². The summed E-state index contributed by atoms with van der Waals surface area (Å²) in [5.41, 5.74) is -0.858. The molecule has 2 saturated carbocycles. The van der Waals surface area contributed by atoms with E-state index >= 15 is 0 Å². The van der Waals surface area contributed by atoms with Gasteiger partial charge in [-0.15, -0.1) is 0 Å². The second-order valence-corrected chi connectivity index (χ2v) is 6.36. The Morgan fingerprint density at radius 2 is 2.05 bits per heavy atom. The van der Waals surface area contributed by atoms with Crippen molar-refractivity contribution in [2.24, 2.45) is 5.41 Å². The molecule has 2 N–H and O–H groups in total. The summed E-state index contributed by atoms with van der Waals surface area (Å²) in [6.45, 7) is 0.579. The van der Waals surface area contributed by atoms with Crippen LogP contribution in [-0.4, -0.2) is 46.4 Å². The van der Waals surface area contributed by atoms with Gasteiger partial charge in [-0.25, -0.2) is 0 Å². The van der Waals surface area contributed by atoms with Crippen LogP contribution in [0, 0.1) is 5.41 Å². The van der Waals surface area contributed by atoms with Gasteiger partial charge >= 0.3 is 5.97 Å². The van der Waals surface area contributed by atoms with Crippen LogP contribution in [0.15, 0.2) is 0 Å². The van der Waals surface area contributed by atoms with Gasteiger partial charge in [0.2, 0.25) is 11.8 Å². The minimum absolute atomic E-state index is 0.0381. The number of nitrogens with zero attached hydrogens (tertiary/aromatic N) is 1. The minimum Gasteiger partial charge on any atom is -0.481 e. The Kier molecular flexibility index (Phi) is 3.18. The lowest BCUT2D eigenvalue weighted by Gasteiger charge is -2.37. The fraction of sp³-hybridized carbons (Fsp3) is 0.786. The highest BCUT2D eigenvalue weighted by molar-refractivity contribution is 5.87. The number of rotatable bonds is 5. The van der Waals surface area contributed by atoms with Gasteiger partial charge in [0.15, 0.2) is 0 Å². The summed E-state index contributed by atoms with van der Waals surface area (Å²) in [4.78, 5) is 36.9. The van der Waals surface area contributed by atoms with Crippen molar-refractivity contribution in [1.82, 2.24) is 10.2 Å². The number of amides is 2. The molecular formula is C14H20N2O4. The smallest absolute Gasteiger partial charge is 0.310 e. The van der Waals surface area contributed by atoms with Crippen LogP contribution in [0.25, 0.3) is 0 Å². The summed E-state index contributed by atoms with van der Waals surface area (Å²) in [5.74, 6) is -1.00. The molecule has 0 aromatic rings. The Bertz CT molecular complexity index is 454. The predicted octanol–water partition coefficient (Wildman–Crippen LogP) is 0.511. The lowest BCUT2D eigenvalue weighted by molar-refractivity contribution is -0.157. The predicted molar refractivity (Wildman–Crippen MR) is 69.8 cm³/mol. The third-order valence-corrected chi connectivity index (χ3v) is 4.77. The second kappa shape index (κ2) is 4.75. The van der Waals surface area contributed by atoms with E-state index in [0.717, 1.165) is 19.3 Å². The van der Waals surface area contributed by atoms with Crippen LogP contribution in [0.2, 0.25) is 0 Å². The topological polar surface area (TPSA) is 86.7 Å². The van der Waals surface area contributed by atoms with E-state index < -0.39 is 11.4 Å². The quantitative estimate of drug-likeness (QED) is 0.768. The maximum Gasteiger partial charge on any atom is 0.310 e. The van der Waals surface area contributed by atoms with Crippen LogP contribution in [0.3, 0.4) is 0 Å². The molecule has 6 nitrogen and oxygen atoms in total. The number of hydrogen-bond acceptors (Lipinski definition) is 3. The van der Waals surface area contributed by atoms with E-state index in [4.69, 9.17) is 0 Å². The van der Waals surface area contributed by atoms with Crippen LogP contribution < -0.4 is 5.32 Å². The molecule has 110 valence electrons. The molecule has 3 rings (SSSR count). The first-order valence-corrected chi connectivity index (χ1v) is 7.32. The van der Waals surface area contributed by atoms with Crippen LogP contribution in [-0.2, 0) is 14.4 Å². The number of carboxylic acid groups (broad SMARTS) is 1. The largest absolute Gasteiger partial charge is 0.481 e. The van der Waals surface area contributed by atoms with Gasteiger partial charge in [-0.1, -0.05) is 6.42 Å². The van der Waals surface area contributed by atoms with Gasteiger partial charge in [0.1, 0.15) is 0 Å². The monoisotopic (exact) mass is 280 g/mol. The zero-order valence-electron chi connectivity index (χ0n) is 11.4. The molecule has 1 atom stereocenters. The lowest BCUT2D eigenvalue weighted by atomic mass is 9.66. The normalized spacial score (nSPS) is 28.1. The number of carboxylic acids is 1. The van der Waals surface area contributed by atoms with Crippen molar-refractivity contribution >= 4 is 17.8 Å². The van der Waals surface area contributed by atoms with Crippen molar-refractivity contribution in [2.45, 2.75) is 57.0 Å². The number of carbonyl (C=O) groups is 3. The zero-order chi connectivity index (χ0) is 14.3. The molecular weight excluding hydrogens is 260 g/mol. The number of carbonyl (C=O) groups excluding carboxylic acids is 2. The standard InChI is InChI=1S/C14H20N2O4/c17-11(7-14(13(19)20)4-1-5-14)15-9-6-12(18)16(8-9)10-2-3-10/h9-10H,1-8H2,(H,15,17)(H,19,20). The molecule has 0 aromatic carbocycles. The molecule has 1 aliphatic heterocycles. The Morgan fingerprint density at radius 3 is 2.55 bits per heavy atom. The molecule has 20 heavy (non-hydrogen) atoms. The summed E-state index contributed by atoms with van der Waals surface area (Å²) in [6, 6.07) is 0.225. The van der Waals surface area contributed by atoms with Crippen molar-refractivity contribution in [3.8, 4) is 0 Å². The first kappa shape index (κ1) is 13.4. The SMILES string of the molecule is O=C(CC1(C(=O)O)CCC1)NC1CC(=O)N(C2CC2)C1. The highest BCUT2D eigenvalue weighted by atomic mass is 16.4. The number of hydrogen-bond donors (Lipinski definition) is 2. The first-order chi connectivity index (χ1) is 9.50. The van der Waals surface area contributed by atoms with Crippen LogP contribution >= 0.6 is 0 Å². The highest BCUT2D eigenvalue weighted by Gasteiger charge is 2.46. The van der Waals surface area contributed by atoms with E-state index in [2.05, 4.69) is 5.32 Å². The molecule has 1 heterocycles. The summed E-state index contributed by atoms with van der Waals surface area (Å²) >= 11 is 0. The molecule has 2 amide bonds. The molecule has 0 aromatic heterocycles. The second-order valence-electron chi connectivity index (χ2n) is 6.36. The van der Waals surface area contributed by atoms with Gasteiger partial charge in [0.05, 0.1) is 11.5 Å². The first-order valence-electron chi connectivity index (χ1n) is 7.32. The fourth-order valence-corrected chi connectivity index (χ4v) is 3.22. The molecule has 2 aliphatic carbocycles. The Labute approximate surface area is 117 Å². The Balaban J connectivity index is 1.52. The Hall–Kier alpha value is -1.59. The van der Waals surface area contributed by atoms with Crippen LogP contribution in [0.5, 0.6) is 0 Å². The maximum atomic E-state index is 12.0. The van der Waals surface area contributed by atoms with Crippen molar-refractivity contribution in [3.63, 3.8) is 0 Å². The molecule has 3 aliphatic rings. The van der Waals surface area contributed by atoms with Gasteiger partial charge in [-0.05, 0) is 25.7 Å². The van der Waals surface area contributed by atoms with Gasteiger partial charge in [0.25, 0.3) is 0 Å². The molecule has 0 bridgehead atoms. The van der Waals surface area contributed by atoms with E-state index in [0.29, 0.717) is 31.8 Å². The van der Waals surface area contributed by atoms with E-state index in [1.54, 1.807) is 0 Å². The van der Waals surface area contributed by atoms with Gasteiger partial charge in [-0.2, -0.15) is 0 Å². The van der Waals surface area contributed by atoms with Gasteiger partial charge < -0.3 is 15.3 Å². The average Bonchev–Trinajstić information content (AvgIpc) is 3.09. The van der Waals surface area contributed by atoms with Crippen LogP contribution in [0.1, 0.15) is 44.9 Å². The summed E-state index contributed by atoms with van der Waals surface area (Å²) in [5, 5.41) is 12.1. The lowest BCUT2D eigenvalue weighted by Crippen LogP contribution is -2.45. The molecule has 0 radical (unpaired) electrons. The molecule has 6 heteroatoms. The minimum atomic E-state index is -0.874. The van der Waals surface area contributed by atoms with Crippen molar-refractivity contribution in [1.29, 1.82) is 0 Å². The Morgan fingerprint density at radius 1 is 1.35 bits per heavy atom. The number of aliphatic carboxylic acids is 1. The van der Waals surface area contributed by atoms with E-state index in [1.807, 2.05) is 4.90 Å². The third kappa shape index (κ3) is 2.39. The van der Waals surface area contributed by atoms with E-state index in [9.17, 15) is 19.5 Å². The van der Waals surface area contributed by atoms with Crippen molar-refractivity contribution in [3.05, 3.63) is 0 Å². The summed E-state index contributed by atoms with van der Waals surface area (Å²) in [6.07, 6.45) is 4.54. The highest BCUT2D eigenvalue weighted by Crippen LogP contribution is 2.44. The maximum absolute atomic E-state index is 12.0. The fourth-order valence-electron chi connectivity index (χ4n) is 3.22. The van der Waals surface area contributed by atoms with E-state index in [-0.39, 0.29) is 24.3 Å². The third-order valence-electron chi connectivity index (χ3n) is 4.77. The number of nitrogens with one attached hydrogen (secondary N) is 1. The van der Waals surface area contributed by atoms with Gasteiger partial charge in [-0.3, -0.25) is 14.4 Å².